The van der Waals surface area contributed by atoms with E-state index in [0.29, 0.717) is 6.29 Å². The van der Waals surface area contributed by atoms with E-state index < -0.39 is 10.0 Å². The molecule has 0 atom stereocenters. The van der Waals surface area contributed by atoms with Gasteiger partial charge < -0.3 is 0 Å². The second-order valence-corrected chi connectivity index (χ2v) is 5.22. The average Bonchev–Trinajstić information content (AvgIpc) is 2.29. The van der Waals surface area contributed by atoms with Gasteiger partial charge in [0.05, 0.1) is 10.6 Å². The Morgan fingerprint density at radius 2 is 1.82 bits per heavy atom. The molecule has 0 saturated heterocycles. The third kappa shape index (κ3) is 2.62. The minimum Gasteiger partial charge on any atom is -0.296 e. The van der Waals surface area contributed by atoms with Gasteiger partial charge in [0.15, 0.2) is 6.29 Å². The number of aldehydes is 1. The van der Waals surface area contributed by atoms with Crippen LogP contribution in [0.15, 0.2) is 54.2 Å². The summed E-state index contributed by atoms with van der Waals surface area (Å²) in [5.41, 5.74) is 0.767. The molecule has 0 aliphatic rings. The van der Waals surface area contributed by atoms with E-state index in [0.717, 1.165) is 16.1 Å². The van der Waals surface area contributed by atoms with E-state index in [9.17, 15) is 13.2 Å². The fourth-order valence-electron chi connectivity index (χ4n) is 1.25. The lowest BCUT2D eigenvalue weighted by Crippen LogP contribution is -2.25. The van der Waals surface area contributed by atoms with Crippen LogP contribution in [-0.4, -0.2) is 19.0 Å². The monoisotopic (exact) mass is 251 g/mol. The smallest absolute Gasteiger partial charge is 0.268 e. The van der Waals surface area contributed by atoms with Crippen molar-refractivity contribution in [2.45, 2.75) is 11.8 Å². The minimum absolute atomic E-state index is 0.0889. The molecule has 0 heterocycles. The highest BCUT2D eigenvalue weighted by atomic mass is 32.2. The van der Waals surface area contributed by atoms with Crippen LogP contribution in [0.4, 0.5) is 0 Å². The Balaban J connectivity index is 3.26. The molecular weight excluding hydrogens is 238 g/mol. The molecule has 0 bridgehead atoms. The van der Waals surface area contributed by atoms with E-state index in [-0.39, 0.29) is 10.6 Å². The van der Waals surface area contributed by atoms with E-state index in [2.05, 4.69) is 13.2 Å². The van der Waals surface area contributed by atoms with Crippen molar-refractivity contribution in [3.05, 3.63) is 54.9 Å². The molecule has 5 heteroatoms. The molecule has 0 aliphatic carbocycles. The molecule has 1 rings (SSSR count). The largest absolute Gasteiger partial charge is 0.296 e. The summed E-state index contributed by atoms with van der Waals surface area (Å²) in [6, 6.07) is 6.30. The van der Waals surface area contributed by atoms with Crippen molar-refractivity contribution in [2.75, 3.05) is 0 Å². The number of allylic oxidation sites excluding steroid dienone is 1. The van der Waals surface area contributed by atoms with Gasteiger partial charge in [0.1, 0.15) is 0 Å². The number of nitrogens with zero attached hydrogens (tertiary/aromatic N) is 1. The molecule has 1 aromatic carbocycles. The summed E-state index contributed by atoms with van der Waals surface area (Å²) >= 11 is 0. The van der Waals surface area contributed by atoms with Crippen molar-refractivity contribution in [1.29, 1.82) is 0 Å². The molecule has 0 saturated carbocycles. The van der Waals surface area contributed by atoms with E-state index in [1.165, 1.54) is 12.1 Å². The number of carbonyl (C=O) groups is 1. The van der Waals surface area contributed by atoms with Gasteiger partial charge in [0.25, 0.3) is 10.0 Å². The molecule has 0 aromatic heterocycles. The SMILES string of the molecule is C=CN(C(=C)C=O)S(=O)(=O)c1ccc(C)cc1. The molecule has 0 spiro atoms. The molecule has 17 heavy (non-hydrogen) atoms. The highest BCUT2D eigenvalue weighted by Crippen LogP contribution is 2.19. The molecular formula is C12H13NO3S. The molecule has 0 unspecified atom stereocenters. The van der Waals surface area contributed by atoms with Crippen molar-refractivity contribution in [2.24, 2.45) is 0 Å². The van der Waals surface area contributed by atoms with Crippen LogP contribution in [0.5, 0.6) is 0 Å². The zero-order valence-corrected chi connectivity index (χ0v) is 10.3. The van der Waals surface area contributed by atoms with E-state index in [1.807, 2.05) is 6.92 Å². The van der Waals surface area contributed by atoms with Crippen molar-refractivity contribution in [1.82, 2.24) is 4.31 Å². The molecule has 0 N–H and O–H groups in total. The maximum atomic E-state index is 12.1. The Kier molecular flexibility index (Phi) is 3.85. The summed E-state index contributed by atoms with van der Waals surface area (Å²) in [6.07, 6.45) is 1.42. The number of aryl methyl sites for hydroxylation is 1. The predicted octanol–water partition coefficient (Wildman–Crippen LogP) is 1.84. The van der Waals surface area contributed by atoms with Crippen LogP contribution in [0.3, 0.4) is 0 Å². The third-order valence-corrected chi connectivity index (χ3v) is 3.93. The highest BCUT2D eigenvalue weighted by Gasteiger charge is 2.22. The first-order valence-corrected chi connectivity index (χ1v) is 6.25. The maximum absolute atomic E-state index is 12.1. The predicted molar refractivity (Wildman–Crippen MR) is 65.6 cm³/mol. The lowest BCUT2D eigenvalue weighted by molar-refractivity contribution is -0.105. The zero-order chi connectivity index (χ0) is 13.1. The van der Waals surface area contributed by atoms with Crippen molar-refractivity contribution < 1.29 is 13.2 Å². The van der Waals surface area contributed by atoms with Crippen LogP contribution in [0.1, 0.15) is 5.56 Å². The Hall–Kier alpha value is -1.88. The van der Waals surface area contributed by atoms with Crippen LogP contribution in [0.2, 0.25) is 0 Å². The Bertz CT molecular complexity index is 544. The molecule has 1 aromatic rings. The first-order chi connectivity index (χ1) is 7.93. The summed E-state index contributed by atoms with van der Waals surface area (Å²) in [4.78, 5) is 10.7. The Morgan fingerprint density at radius 1 is 1.29 bits per heavy atom. The number of hydrogen-bond donors (Lipinski definition) is 0. The number of carbonyl (C=O) groups excluding carboxylic acids is 1. The summed E-state index contributed by atoms with van der Waals surface area (Å²) in [5, 5.41) is 0. The molecule has 0 aliphatic heterocycles. The summed E-state index contributed by atoms with van der Waals surface area (Å²) in [7, 11) is -3.79. The zero-order valence-electron chi connectivity index (χ0n) is 9.46. The average molecular weight is 251 g/mol. The molecule has 4 nitrogen and oxygen atoms in total. The Morgan fingerprint density at radius 3 is 2.24 bits per heavy atom. The van der Waals surface area contributed by atoms with Gasteiger partial charge in [-0.15, -0.1) is 0 Å². The van der Waals surface area contributed by atoms with Gasteiger partial charge in [-0.3, -0.25) is 4.79 Å². The number of hydrogen-bond acceptors (Lipinski definition) is 3. The number of benzene rings is 1. The first-order valence-electron chi connectivity index (χ1n) is 4.81. The normalized spacial score (nSPS) is 10.6. The second-order valence-electron chi connectivity index (χ2n) is 3.41. The van der Waals surface area contributed by atoms with Gasteiger partial charge in [-0.25, -0.2) is 12.7 Å². The fraction of sp³-hybridized carbons (Fsp3) is 0.0833. The van der Waals surface area contributed by atoms with Crippen LogP contribution >= 0.6 is 0 Å². The summed E-state index contributed by atoms with van der Waals surface area (Å²) < 4.78 is 25.0. The molecule has 0 fully saturated rings. The van der Waals surface area contributed by atoms with Crippen molar-refractivity contribution in [3.63, 3.8) is 0 Å². The lowest BCUT2D eigenvalue weighted by atomic mass is 10.2. The van der Waals surface area contributed by atoms with E-state index in [4.69, 9.17) is 0 Å². The van der Waals surface area contributed by atoms with Crippen LogP contribution < -0.4 is 0 Å². The standard InChI is InChI=1S/C12H13NO3S/c1-4-13(11(3)9-14)17(15,16)12-7-5-10(2)6-8-12/h4-9H,1,3H2,2H3. The molecule has 0 amide bonds. The van der Waals surface area contributed by atoms with Crippen molar-refractivity contribution in [3.8, 4) is 0 Å². The topological polar surface area (TPSA) is 54.5 Å². The van der Waals surface area contributed by atoms with E-state index >= 15 is 0 Å². The van der Waals surface area contributed by atoms with Crippen LogP contribution in [0.25, 0.3) is 0 Å². The van der Waals surface area contributed by atoms with Crippen LogP contribution in [-0.2, 0) is 14.8 Å². The number of rotatable bonds is 5. The van der Waals surface area contributed by atoms with Gasteiger partial charge in [0.2, 0.25) is 0 Å². The van der Waals surface area contributed by atoms with Crippen LogP contribution in [0, 0.1) is 6.92 Å². The van der Waals surface area contributed by atoms with Gasteiger partial charge in [-0.1, -0.05) is 30.9 Å². The van der Waals surface area contributed by atoms with Gasteiger partial charge in [-0.2, -0.15) is 0 Å². The fourth-order valence-corrected chi connectivity index (χ4v) is 2.50. The third-order valence-electron chi connectivity index (χ3n) is 2.16. The Labute approximate surface area is 101 Å². The quantitative estimate of drug-likeness (QED) is 0.592. The highest BCUT2D eigenvalue weighted by molar-refractivity contribution is 7.89. The second kappa shape index (κ2) is 4.97. The molecule has 0 radical (unpaired) electrons. The van der Waals surface area contributed by atoms with Gasteiger partial charge in [0, 0.05) is 6.20 Å². The van der Waals surface area contributed by atoms with Gasteiger partial charge >= 0.3 is 0 Å². The van der Waals surface area contributed by atoms with Crippen molar-refractivity contribution >= 4 is 16.3 Å². The first kappa shape index (κ1) is 13.2. The summed E-state index contributed by atoms with van der Waals surface area (Å²) in [6.45, 7) is 8.58. The van der Waals surface area contributed by atoms with E-state index in [1.54, 1.807) is 12.1 Å². The summed E-state index contributed by atoms with van der Waals surface area (Å²) in [5.74, 6) is 0. The molecule has 90 valence electrons. The number of sulfonamides is 1. The maximum Gasteiger partial charge on any atom is 0.268 e. The lowest BCUT2D eigenvalue weighted by Gasteiger charge is -2.18. The minimum atomic E-state index is -3.79. The van der Waals surface area contributed by atoms with Gasteiger partial charge in [-0.05, 0) is 19.1 Å².